The van der Waals surface area contributed by atoms with Crippen LogP contribution in [0.15, 0.2) is 120 Å². The highest BCUT2D eigenvalue weighted by Gasteiger charge is 2.45. The summed E-state index contributed by atoms with van der Waals surface area (Å²) in [6, 6.07) is 45.2. The van der Waals surface area contributed by atoms with Gasteiger partial charge in [-0.25, -0.2) is 0 Å². The molecule has 0 radical (unpaired) electrons. The summed E-state index contributed by atoms with van der Waals surface area (Å²) in [7, 11) is 0. The van der Waals surface area contributed by atoms with Crippen LogP contribution in [0.4, 0.5) is 11.4 Å². The zero-order valence-corrected chi connectivity index (χ0v) is 39.0. The number of nitrogens with zero attached hydrogens (tertiary/aromatic N) is 2. The molecule has 7 aromatic carbocycles. The molecule has 10 aromatic rings. The van der Waals surface area contributed by atoms with Gasteiger partial charge >= 0.3 is 6.85 Å². The fraction of sp³-hybridized carbons (Fsp3) is 0.276. The summed E-state index contributed by atoms with van der Waals surface area (Å²) in [5.74, 6) is 0. The number of rotatable bonds is 1. The van der Waals surface area contributed by atoms with Crippen molar-refractivity contribution in [3.8, 4) is 16.8 Å². The summed E-state index contributed by atoms with van der Waals surface area (Å²) in [4.78, 5) is 2.66. The molecule has 0 fully saturated rings. The van der Waals surface area contributed by atoms with Crippen LogP contribution in [0.3, 0.4) is 0 Å². The Morgan fingerprint density at radius 1 is 0.556 bits per heavy atom. The summed E-state index contributed by atoms with van der Waals surface area (Å²) in [5, 5.41) is 7.72. The van der Waals surface area contributed by atoms with E-state index in [-0.39, 0.29) is 28.5 Å². The molecular weight excluding hydrogens is 784 g/mol. The Kier molecular flexibility index (Phi) is 7.23. The molecule has 63 heavy (non-hydrogen) atoms. The van der Waals surface area contributed by atoms with Crippen LogP contribution < -0.4 is 15.7 Å². The maximum absolute atomic E-state index is 7.04. The van der Waals surface area contributed by atoms with Crippen LogP contribution in [0.25, 0.3) is 80.7 Å². The lowest BCUT2D eigenvalue weighted by Crippen LogP contribution is -2.60. The van der Waals surface area contributed by atoms with Crippen LogP contribution >= 0.6 is 11.3 Å². The summed E-state index contributed by atoms with van der Waals surface area (Å²) < 4.78 is 12.3. The van der Waals surface area contributed by atoms with Crippen LogP contribution in [0, 0.1) is 0 Å². The minimum Gasteiger partial charge on any atom is -0.456 e. The summed E-state index contributed by atoms with van der Waals surface area (Å²) in [6.45, 7) is 23.5. The Morgan fingerprint density at radius 2 is 1.24 bits per heavy atom. The fourth-order valence-electron chi connectivity index (χ4n) is 11.8. The van der Waals surface area contributed by atoms with E-state index in [2.05, 4.69) is 194 Å². The lowest BCUT2D eigenvalue weighted by atomic mass is 9.43. The summed E-state index contributed by atoms with van der Waals surface area (Å²) in [6.07, 6.45) is 2.35. The van der Waals surface area contributed by atoms with E-state index in [1.54, 1.807) is 0 Å². The maximum atomic E-state index is 7.04. The highest BCUT2D eigenvalue weighted by Crippen LogP contribution is 2.52. The van der Waals surface area contributed by atoms with Crippen LogP contribution in [-0.4, -0.2) is 11.4 Å². The van der Waals surface area contributed by atoms with Gasteiger partial charge in [0.2, 0.25) is 0 Å². The third-order valence-corrected chi connectivity index (χ3v) is 16.7. The van der Waals surface area contributed by atoms with E-state index >= 15 is 0 Å². The van der Waals surface area contributed by atoms with Gasteiger partial charge in [0.15, 0.2) is 0 Å². The van der Waals surface area contributed by atoms with Gasteiger partial charge in [0, 0.05) is 70.4 Å². The smallest absolute Gasteiger partial charge is 0.333 e. The average molecular weight is 837 g/mol. The number of hydrogen-bond acceptors (Lipinski definition) is 3. The highest BCUT2D eigenvalue weighted by molar-refractivity contribution is 7.25. The number of aromatic nitrogens is 1. The second-order valence-corrected chi connectivity index (χ2v) is 23.5. The second kappa shape index (κ2) is 12.1. The van der Waals surface area contributed by atoms with E-state index in [4.69, 9.17) is 4.42 Å². The van der Waals surface area contributed by atoms with Gasteiger partial charge in [-0.15, -0.1) is 11.3 Å². The Balaban J connectivity index is 1.17. The minimum atomic E-state index is -0.0662. The third kappa shape index (κ3) is 5.09. The monoisotopic (exact) mass is 836 g/mol. The van der Waals surface area contributed by atoms with Crippen molar-refractivity contribution in [3.05, 3.63) is 138 Å². The number of hydrogen-bond donors (Lipinski definition) is 0. The van der Waals surface area contributed by atoms with Crippen molar-refractivity contribution >= 4 is 104 Å². The molecule has 3 aromatic heterocycles. The molecule has 3 aliphatic rings. The van der Waals surface area contributed by atoms with Crippen molar-refractivity contribution in [1.29, 1.82) is 0 Å². The van der Waals surface area contributed by atoms with Crippen molar-refractivity contribution in [2.75, 3.05) is 4.81 Å². The largest absolute Gasteiger partial charge is 0.456 e. The molecule has 0 bridgehead atoms. The SMILES string of the molecule is CC(C)(C)c1ccc(N2B3c4cc(C(C)(C)C)ccc4-n4c5cc6sc7ccccc7c6cc5c5ccc(c3c54)-c3cc4c(cc32)oc2cc3c(cc24)C(C)(C)CCC3(C)C)cc1. The van der Waals surface area contributed by atoms with Crippen LogP contribution in [0.5, 0.6) is 0 Å². The average Bonchev–Trinajstić information content (AvgIpc) is 3.90. The number of benzene rings is 7. The first-order valence-corrected chi connectivity index (χ1v) is 23.8. The fourth-order valence-corrected chi connectivity index (χ4v) is 12.9. The first kappa shape index (κ1) is 37.8. The van der Waals surface area contributed by atoms with E-state index in [0.717, 1.165) is 11.2 Å². The maximum Gasteiger partial charge on any atom is 0.333 e. The van der Waals surface area contributed by atoms with Crippen molar-refractivity contribution in [2.45, 2.75) is 104 Å². The Morgan fingerprint density at radius 3 is 1.98 bits per heavy atom. The second-order valence-electron chi connectivity index (χ2n) is 22.4. The zero-order valence-electron chi connectivity index (χ0n) is 38.2. The summed E-state index contributed by atoms with van der Waals surface area (Å²) >= 11 is 1.91. The molecule has 3 nitrogen and oxygen atoms in total. The molecule has 0 saturated carbocycles. The van der Waals surface area contributed by atoms with Gasteiger partial charge < -0.3 is 13.8 Å². The van der Waals surface area contributed by atoms with Crippen molar-refractivity contribution in [2.24, 2.45) is 0 Å². The number of furan rings is 1. The molecule has 0 unspecified atom stereocenters. The predicted octanol–water partition coefficient (Wildman–Crippen LogP) is 15.2. The predicted molar refractivity (Wildman–Crippen MR) is 273 cm³/mol. The molecule has 0 amide bonds. The van der Waals surface area contributed by atoms with E-state index in [1.165, 1.54) is 127 Å². The van der Waals surface area contributed by atoms with Gasteiger partial charge in [-0.3, -0.25) is 0 Å². The van der Waals surface area contributed by atoms with Gasteiger partial charge in [-0.05, 0) is 128 Å². The molecule has 13 rings (SSSR count). The Hall–Kier alpha value is -5.78. The van der Waals surface area contributed by atoms with Crippen LogP contribution in [0.2, 0.25) is 0 Å². The number of thiophene rings is 1. The molecule has 5 heterocycles. The third-order valence-electron chi connectivity index (χ3n) is 15.5. The standard InChI is InChI=1S/C58H53BN2OS/c1-55(2,3)32-15-18-34(19-16-32)61-48-30-50-40(41-28-43-44(29-49(41)62-50)58(9,10)24-23-57(43,7)8)26-38(48)36-20-21-37-39-27-42-35-13-11-12-14-51(35)63-52(42)31-47(39)60-46-22-17-33(56(4,5)6)25-45(46)59(61)53(36)54(37)60/h11-22,25-31H,23-24H2,1-10H3. The Labute approximate surface area is 374 Å². The van der Waals surface area contributed by atoms with E-state index in [0.29, 0.717) is 0 Å². The first-order chi connectivity index (χ1) is 30.0. The van der Waals surface area contributed by atoms with E-state index < -0.39 is 0 Å². The summed E-state index contributed by atoms with van der Waals surface area (Å²) in [5.41, 5.74) is 19.3. The quantitative estimate of drug-likeness (QED) is 0.154. The normalized spacial score (nSPS) is 16.5. The first-order valence-electron chi connectivity index (χ1n) is 23.0. The molecule has 2 aliphatic heterocycles. The van der Waals surface area contributed by atoms with Crippen LogP contribution in [0.1, 0.15) is 104 Å². The molecule has 0 spiro atoms. The molecule has 310 valence electrons. The van der Waals surface area contributed by atoms with Crippen molar-refractivity contribution in [3.63, 3.8) is 0 Å². The topological polar surface area (TPSA) is 21.3 Å². The highest BCUT2D eigenvalue weighted by atomic mass is 32.1. The molecule has 0 N–H and O–H groups in total. The lowest BCUT2D eigenvalue weighted by Gasteiger charge is -2.42. The molecule has 0 atom stereocenters. The van der Waals surface area contributed by atoms with Crippen LogP contribution in [-0.2, 0) is 21.7 Å². The number of anilines is 2. The van der Waals surface area contributed by atoms with Gasteiger partial charge in [0.25, 0.3) is 0 Å². The minimum absolute atomic E-state index is 0.0271. The number of fused-ring (bicyclic) bond motifs is 15. The van der Waals surface area contributed by atoms with Crippen molar-refractivity contribution in [1.82, 2.24) is 4.57 Å². The van der Waals surface area contributed by atoms with Gasteiger partial charge in [0.1, 0.15) is 11.2 Å². The van der Waals surface area contributed by atoms with E-state index in [9.17, 15) is 0 Å². The molecule has 0 saturated heterocycles. The Bertz CT molecular complexity index is 3650. The van der Waals surface area contributed by atoms with Gasteiger partial charge in [0.05, 0.1) is 11.0 Å². The molecule has 1 aliphatic carbocycles. The van der Waals surface area contributed by atoms with Crippen molar-refractivity contribution < 1.29 is 4.42 Å². The zero-order chi connectivity index (χ0) is 43.3. The van der Waals surface area contributed by atoms with Gasteiger partial charge in [-0.2, -0.15) is 0 Å². The molecule has 5 heteroatoms. The van der Waals surface area contributed by atoms with E-state index in [1.807, 2.05) is 11.3 Å². The molecular formula is C58H53BN2OS. The lowest BCUT2D eigenvalue weighted by molar-refractivity contribution is 0.332. The van der Waals surface area contributed by atoms with Gasteiger partial charge in [-0.1, -0.05) is 124 Å².